The molecule has 0 amide bonds. The zero-order chi connectivity index (χ0) is 12.7. The number of hydrogen-bond donors (Lipinski definition) is 2. The summed E-state index contributed by atoms with van der Waals surface area (Å²) in [4.78, 5) is 2.37. The maximum Gasteiger partial charge on any atom is 0.488 e. The van der Waals surface area contributed by atoms with E-state index in [1.54, 1.807) is 6.07 Å². The molecule has 0 saturated carbocycles. The lowest BCUT2D eigenvalue weighted by molar-refractivity contribution is 0.275. The molecule has 0 aromatic heterocycles. The molecule has 0 aliphatic rings. The number of hydrogen-bond acceptors (Lipinski definition) is 3. The fourth-order valence-electron chi connectivity index (χ4n) is 1.84. The Hall–Kier alpha value is -0.835. The van der Waals surface area contributed by atoms with Crippen LogP contribution in [0, 0.1) is 0 Å². The van der Waals surface area contributed by atoms with Crippen LogP contribution >= 0.6 is 0 Å². The van der Waals surface area contributed by atoms with E-state index in [1.165, 1.54) is 12.8 Å². The van der Waals surface area contributed by atoms with Crippen LogP contribution in [0.3, 0.4) is 0 Å². The third-order valence-electron chi connectivity index (χ3n) is 2.93. The smallest absolute Gasteiger partial charge is 0.423 e. The lowest BCUT2D eigenvalue weighted by atomic mass is 9.79. The summed E-state index contributed by atoms with van der Waals surface area (Å²) in [5.74, 6) is 0. The van der Waals surface area contributed by atoms with Gasteiger partial charge in [-0.05, 0) is 30.5 Å². The fraction of sp³-hybridized carbons (Fsp3) is 0.538. The Morgan fingerprint density at radius 1 is 1.24 bits per heavy atom. The fourth-order valence-corrected chi connectivity index (χ4v) is 1.84. The quantitative estimate of drug-likeness (QED) is 0.692. The average Bonchev–Trinajstić information content (AvgIpc) is 2.34. The summed E-state index contributed by atoms with van der Waals surface area (Å²) >= 11 is 0. The summed E-state index contributed by atoms with van der Waals surface area (Å²) in [5.41, 5.74) is 1.70. The van der Waals surface area contributed by atoms with Crippen LogP contribution in [0.2, 0.25) is 0 Å². The van der Waals surface area contributed by atoms with E-state index in [4.69, 9.17) is 10.0 Å². The average molecular weight is 235 g/mol. The predicted octanol–water partition coefficient (Wildman–Crippen LogP) is 0.988. The number of unbranched alkanes of at least 4 members (excludes halogenated alkanes) is 1. The van der Waals surface area contributed by atoms with E-state index >= 15 is 0 Å². The third kappa shape index (κ3) is 4.90. The van der Waals surface area contributed by atoms with Gasteiger partial charge in [-0.25, -0.2) is 0 Å². The van der Waals surface area contributed by atoms with Crippen molar-refractivity contribution in [3.63, 3.8) is 0 Å². The second-order valence-corrected chi connectivity index (χ2v) is 4.34. The van der Waals surface area contributed by atoms with Gasteiger partial charge >= 0.3 is 7.12 Å². The minimum atomic E-state index is -1.37. The second-order valence-electron chi connectivity index (χ2n) is 4.34. The van der Waals surface area contributed by atoms with Crippen LogP contribution in [-0.4, -0.2) is 35.2 Å². The molecular formula is C13H22BNO2. The Morgan fingerprint density at radius 2 is 2.00 bits per heavy atom. The monoisotopic (exact) mass is 235 g/mol. The lowest BCUT2D eigenvalue weighted by Crippen LogP contribution is -2.31. The molecule has 1 rings (SSSR count). The van der Waals surface area contributed by atoms with Crippen molar-refractivity contribution in [2.45, 2.75) is 33.2 Å². The highest BCUT2D eigenvalue weighted by Gasteiger charge is 2.11. The molecule has 0 bridgehead atoms. The van der Waals surface area contributed by atoms with Crippen LogP contribution < -0.4 is 5.46 Å². The molecule has 0 fully saturated rings. The molecule has 4 heteroatoms. The van der Waals surface area contributed by atoms with Gasteiger partial charge in [0.15, 0.2) is 0 Å². The van der Waals surface area contributed by atoms with Crippen molar-refractivity contribution < 1.29 is 10.0 Å². The highest BCUT2D eigenvalue weighted by molar-refractivity contribution is 6.58. The van der Waals surface area contributed by atoms with E-state index < -0.39 is 7.12 Å². The first-order chi connectivity index (χ1) is 8.17. The van der Waals surface area contributed by atoms with Crippen LogP contribution in [0.4, 0.5) is 0 Å². The maximum atomic E-state index is 9.12. The van der Waals surface area contributed by atoms with Gasteiger partial charge in [0.1, 0.15) is 0 Å². The molecule has 1 aromatic carbocycles. The molecule has 0 aliphatic heterocycles. The molecule has 94 valence electrons. The topological polar surface area (TPSA) is 43.7 Å². The molecule has 0 unspecified atom stereocenters. The van der Waals surface area contributed by atoms with E-state index in [-0.39, 0.29) is 0 Å². The second kappa shape index (κ2) is 7.48. The van der Waals surface area contributed by atoms with Crippen molar-refractivity contribution in [3.8, 4) is 0 Å². The first-order valence-electron chi connectivity index (χ1n) is 6.34. The van der Waals surface area contributed by atoms with Gasteiger partial charge in [-0.15, -0.1) is 0 Å². The van der Waals surface area contributed by atoms with Gasteiger partial charge in [-0.3, -0.25) is 4.90 Å². The number of benzene rings is 1. The summed E-state index contributed by atoms with van der Waals surface area (Å²) < 4.78 is 0. The molecule has 0 spiro atoms. The van der Waals surface area contributed by atoms with Crippen LogP contribution in [0.15, 0.2) is 24.3 Å². The Labute approximate surface area is 104 Å². The van der Waals surface area contributed by atoms with Gasteiger partial charge in [0.2, 0.25) is 0 Å². The molecule has 1 aromatic rings. The Bertz CT molecular complexity index is 331. The normalized spacial score (nSPS) is 10.9. The Kier molecular flexibility index (Phi) is 6.26. The molecule has 0 radical (unpaired) electrons. The SMILES string of the molecule is CCCCN(CC)Cc1cccc(B(O)O)c1. The van der Waals surface area contributed by atoms with E-state index in [2.05, 4.69) is 18.7 Å². The zero-order valence-corrected chi connectivity index (χ0v) is 10.8. The molecule has 0 atom stereocenters. The van der Waals surface area contributed by atoms with Crippen LogP contribution in [-0.2, 0) is 6.54 Å². The van der Waals surface area contributed by atoms with E-state index in [1.807, 2.05) is 18.2 Å². The molecule has 0 heterocycles. The van der Waals surface area contributed by atoms with Crippen molar-refractivity contribution in [3.05, 3.63) is 29.8 Å². The largest absolute Gasteiger partial charge is 0.488 e. The molecule has 17 heavy (non-hydrogen) atoms. The van der Waals surface area contributed by atoms with Gasteiger partial charge in [0, 0.05) is 6.54 Å². The molecule has 0 aliphatic carbocycles. The standard InChI is InChI=1S/C13H22BNO2/c1-3-5-9-15(4-2)11-12-7-6-8-13(10-12)14(16)17/h6-8,10,16-17H,3-5,9,11H2,1-2H3. The van der Waals surface area contributed by atoms with Gasteiger partial charge < -0.3 is 10.0 Å². The lowest BCUT2D eigenvalue weighted by Gasteiger charge is -2.20. The highest BCUT2D eigenvalue weighted by atomic mass is 16.4. The van der Waals surface area contributed by atoms with Crippen LogP contribution in [0.25, 0.3) is 0 Å². The maximum absolute atomic E-state index is 9.12. The Balaban J connectivity index is 2.62. The molecule has 2 N–H and O–H groups in total. The molecule has 0 saturated heterocycles. The van der Waals surface area contributed by atoms with Crippen molar-refractivity contribution in [2.24, 2.45) is 0 Å². The summed E-state index contributed by atoms with van der Waals surface area (Å²) in [6, 6.07) is 7.49. The number of rotatable bonds is 7. The van der Waals surface area contributed by atoms with E-state index in [0.717, 1.165) is 25.2 Å². The van der Waals surface area contributed by atoms with Gasteiger partial charge in [-0.1, -0.05) is 44.5 Å². The number of nitrogens with zero attached hydrogens (tertiary/aromatic N) is 1. The summed E-state index contributed by atoms with van der Waals surface area (Å²) in [7, 11) is -1.37. The van der Waals surface area contributed by atoms with Crippen molar-refractivity contribution >= 4 is 12.6 Å². The van der Waals surface area contributed by atoms with Gasteiger partial charge in [-0.2, -0.15) is 0 Å². The van der Waals surface area contributed by atoms with Crippen molar-refractivity contribution in [2.75, 3.05) is 13.1 Å². The zero-order valence-electron chi connectivity index (χ0n) is 10.8. The summed E-state index contributed by atoms with van der Waals surface area (Å²) in [6.45, 7) is 7.33. The van der Waals surface area contributed by atoms with E-state index in [9.17, 15) is 0 Å². The van der Waals surface area contributed by atoms with Crippen molar-refractivity contribution in [1.82, 2.24) is 4.90 Å². The van der Waals surface area contributed by atoms with Crippen LogP contribution in [0.5, 0.6) is 0 Å². The summed E-state index contributed by atoms with van der Waals surface area (Å²) in [5, 5.41) is 18.2. The summed E-state index contributed by atoms with van der Waals surface area (Å²) in [6.07, 6.45) is 2.40. The van der Waals surface area contributed by atoms with Crippen LogP contribution in [0.1, 0.15) is 32.3 Å². The first-order valence-corrected chi connectivity index (χ1v) is 6.34. The van der Waals surface area contributed by atoms with Crippen molar-refractivity contribution in [1.29, 1.82) is 0 Å². The molecular weight excluding hydrogens is 213 g/mol. The predicted molar refractivity (Wildman–Crippen MR) is 72.1 cm³/mol. The highest BCUT2D eigenvalue weighted by Crippen LogP contribution is 2.05. The Morgan fingerprint density at radius 3 is 2.59 bits per heavy atom. The minimum absolute atomic E-state index is 0.564. The van der Waals surface area contributed by atoms with Gasteiger partial charge in [0.05, 0.1) is 0 Å². The minimum Gasteiger partial charge on any atom is -0.423 e. The molecule has 3 nitrogen and oxygen atoms in total. The first kappa shape index (κ1) is 14.2. The van der Waals surface area contributed by atoms with E-state index in [0.29, 0.717) is 5.46 Å². The van der Waals surface area contributed by atoms with Gasteiger partial charge in [0.25, 0.3) is 0 Å². The third-order valence-corrected chi connectivity index (χ3v) is 2.93.